The summed E-state index contributed by atoms with van der Waals surface area (Å²) < 4.78 is 0. The zero-order valence-corrected chi connectivity index (χ0v) is 10.0. The molecular formula is C11H16N2O2S. The number of nitrogens with zero attached hydrogens (tertiary/aromatic N) is 1. The molecule has 0 bridgehead atoms. The number of β-amino-alcohol motifs (C(OH)–C–C–N with tert-alkyl or cyclic N) is 1. The Morgan fingerprint density at radius 1 is 1.75 bits per heavy atom. The molecule has 0 radical (unpaired) electrons. The molecule has 1 saturated heterocycles. The quantitative estimate of drug-likeness (QED) is 0.805. The fourth-order valence-corrected chi connectivity index (χ4v) is 2.57. The van der Waals surface area contributed by atoms with E-state index in [-0.39, 0.29) is 18.1 Å². The normalized spacial score (nSPS) is 24.6. The molecule has 5 heteroatoms. The smallest absolute Gasteiger partial charge is 0.239 e. The van der Waals surface area contributed by atoms with Crippen LogP contribution in [-0.2, 0) is 11.3 Å². The van der Waals surface area contributed by atoms with E-state index >= 15 is 0 Å². The van der Waals surface area contributed by atoms with Crippen molar-refractivity contribution in [2.24, 2.45) is 0 Å². The standard InChI is InChI=1S/C11H16N2O2S/c1-13(6-8-2-3-16-7-8)11(15)10-4-9(14)5-12-10/h2-3,7,9-10,12,14H,4-6H2,1H3. The Balaban J connectivity index is 1.89. The Bertz CT molecular complexity index is 353. The SMILES string of the molecule is CN(Cc1ccsc1)C(=O)C1CC(O)CN1. The second kappa shape index (κ2) is 4.95. The number of rotatable bonds is 3. The van der Waals surface area contributed by atoms with Crippen molar-refractivity contribution in [3.8, 4) is 0 Å². The van der Waals surface area contributed by atoms with E-state index in [0.29, 0.717) is 19.5 Å². The maximum absolute atomic E-state index is 12.0. The second-order valence-corrected chi connectivity index (χ2v) is 4.96. The van der Waals surface area contributed by atoms with E-state index in [2.05, 4.69) is 5.32 Å². The molecule has 4 nitrogen and oxygen atoms in total. The third kappa shape index (κ3) is 2.61. The van der Waals surface area contributed by atoms with Gasteiger partial charge in [0, 0.05) is 20.1 Å². The van der Waals surface area contributed by atoms with Gasteiger partial charge < -0.3 is 15.3 Å². The molecule has 0 saturated carbocycles. The molecule has 0 aliphatic carbocycles. The summed E-state index contributed by atoms with van der Waals surface area (Å²) in [6.07, 6.45) is 0.135. The van der Waals surface area contributed by atoms with Crippen molar-refractivity contribution in [1.29, 1.82) is 0 Å². The number of thiophene rings is 1. The summed E-state index contributed by atoms with van der Waals surface area (Å²) in [5, 5.41) is 16.4. The Morgan fingerprint density at radius 2 is 2.56 bits per heavy atom. The lowest BCUT2D eigenvalue weighted by Crippen LogP contribution is -2.41. The second-order valence-electron chi connectivity index (χ2n) is 4.18. The van der Waals surface area contributed by atoms with Crippen molar-refractivity contribution >= 4 is 17.2 Å². The summed E-state index contributed by atoms with van der Waals surface area (Å²) in [4.78, 5) is 13.7. The van der Waals surface area contributed by atoms with Crippen molar-refractivity contribution in [1.82, 2.24) is 10.2 Å². The highest BCUT2D eigenvalue weighted by atomic mass is 32.1. The van der Waals surface area contributed by atoms with E-state index in [1.165, 1.54) is 0 Å². The molecule has 0 spiro atoms. The van der Waals surface area contributed by atoms with Gasteiger partial charge in [-0.2, -0.15) is 11.3 Å². The van der Waals surface area contributed by atoms with Gasteiger partial charge in [0.15, 0.2) is 0 Å². The predicted octanol–water partition coefficient (Wildman–Crippen LogP) is 0.429. The molecule has 2 unspecified atom stereocenters. The number of nitrogens with one attached hydrogen (secondary N) is 1. The molecule has 2 heterocycles. The highest BCUT2D eigenvalue weighted by molar-refractivity contribution is 7.07. The van der Waals surface area contributed by atoms with Crippen molar-refractivity contribution in [2.75, 3.05) is 13.6 Å². The molecule has 2 rings (SSSR count). The summed E-state index contributed by atoms with van der Waals surface area (Å²) in [5.41, 5.74) is 1.15. The van der Waals surface area contributed by atoms with Crippen LogP contribution in [0.5, 0.6) is 0 Å². The first-order valence-corrected chi connectivity index (χ1v) is 6.28. The Hall–Kier alpha value is -0.910. The van der Waals surface area contributed by atoms with Gasteiger partial charge in [-0.3, -0.25) is 4.79 Å². The van der Waals surface area contributed by atoms with E-state index in [0.717, 1.165) is 5.56 Å². The molecule has 1 aromatic heterocycles. The third-order valence-electron chi connectivity index (χ3n) is 2.78. The summed E-state index contributed by atoms with van der Waals surface area (Å²) in [5.74, 6) is 0.0581. The average molecular weight is 240 g/mol. The van der Waals surface area contributed by atoms with Crippen molar-refractivity contribution in [3.63, 3.8) is 0 Å². The van der Waals surface area contributed by atoms with Crippen molar-refractivity contribution in [2.45, 2.75) is 25.1 Å². The van der Waals surface area contributed by atoms with Crippen LogP contribution < -0.4 is 5.32 Å². The van der Waals surface area contributed by atoms with E-state index in [9.17, 15) is 9.90 Å². The summed E-state index contributed by atoms with van der Waals surface area (Å²) >= 11 is 1.63. The van der Waals surface area contributed by atoms with E-state index < -0.39 is 0 Å². The van der Waals surface area contributed by atoms with Crippen LogP contribution in [0.15, 0.2) is 16.8 Å². The number of amides is 1. The minimum Gasteiger partial charge on any atom is -0.392 e. The first kappa shape index (κ1) is 11.6. The Morgan fingerprint density at radius 3 is 3.12 bits per heavy atom. The van der Waals surface area contributed by atoms with E-state index in [4.69, 9.17) is 0 Å². The van der Waals surface area contributed by atoms with Gasteiger partial charge in [-0.05, 0) is 28.8 Å². The summed E-state index contributed by atoms with van der Waals surface area (Å²) in [6, 6.07) is 1.80. The molecule has 2 atom stereocenters. The predicted molar refractivity (Wildman–Crippen MR) is 63.2 cm³/mol. The van der Waals surface area contributed by atoms with Gasteiger partial charge in [-0.1, -0.05) is 0 Å². The number of carbonyl (C=O) groups is 1. The summed E-state index contributed by atoms with van der Waals surface area (Å²) in [6.45, 7) is 1.15. The van der Waals surface area contributed by atoms with Crippen LogP contribution in [0.2, 0.25) is 0 Å². The van der Waals surface area contributed by atoms with Crippen LogP contribution in [0.4, 0.5) is 0 Å². The number of likely N-dealkylation sites (N-methyl/N-ethyl adjacent to an activating group) is 1. The van der Waals surface area contributed by atoms with Crippen LogP contribution >= 0.6 is 11.3 Å². The fourth-order valence-electron chi connectivity index (χ4n) is 1.91. The van der Waals surface area contributed by atoms with Crippen LogP contribution in [-0.4, -0.2) is 41.7 Å². The maximum atomic E-state index is 12.0. The fraction of sp³-hybridized carbons (Fsp3) is 0.545. The van der Waals surface area contributed by atoms with Gasteiger partial charge in [0.1, 0.15) is 0 Å². The first-order chi connectivity index (χ1) is 7.66. The number of hydrogen-bond donors (Lipinski definition) is 2. The largest absolute Gasteiger partial charge is 0.392 e. The number of aliphatic hydroxyl groups is 1. The molecule has 1 amide bonds. The zero-order valence-electron chi connectivity index (χ0n) is 9.22. The molecule has 1 aromatic rings. The maximum Gasteiger partial charge on any atom is 0.239 e. The lowest BCUT2D eigenvalue weighted by atomic mass is 10.2. The molecule has 16 heavy (non-hydrogen) atoms. The van der Waals surface area contributed by atoms with Crippen LogP contribution in [0.3, 0.4) is 0 Å². The molecule has 0 aromatic carbocycles. The number of carbonyl (C=O) groups excluding carboxylic acids is 1. The van der Waals surface area contributed by atoms with E-state index in [1.54, 1.807) is 23.3 Å². The van der Waals surface area contributed by atoms with Gasteiger partial charge >= 0.3 is 0 Å². The van der Waals surface area contributed by atoms with Gasteiger partial charge in [0.05, 0.1) is 12.1 Å². The molecule has 1 aliphatic heterocycles. The Labute approximate surface area is 98.9 Å². The highest BCUT2D eigenvalue weighted by Gasteiger charge is 2.29. The van der Waals surface area contributed by atoms with Crippen molar-refractivity contribution < 1.29 is 9.90 Å². The van der Waals surface area contributed by atoms with Crippen LogP contribution in [0.1, 0.15) is 12.0 Å². The molecule has 1 aliphatic rings. The topological polar surface area (TPSA) is 52.6 Å². The first-order valence-electron chi connectivity index (χ1n) is 5.34. The molecule has 88 valence electrons. The minimum atomic E-state index is -0.386. The lowest BCUT2D eigenvalue weighted by Gasteiger charge is -2.20. The summed E-state index contributed by atoms with van der Waals surface area (Å²) in [7, 11) is 1.80. The van der Waals surface area contributed by atoms with Crippen molar-refractivity contribution in [3.05, 3.63) is 22.4 Å². The van der Waals surface area contributed by atoms with Crippen LogP contribution in [0, 0.1) is 0 Å². The molecule has 1 fully saturated rings. The highest BCUT2D eigenvalue weighted by Crippen LogP contribution is 2.12. The average Bonchev–Trinajstić information content (AvgIpc) is 2.88. The van der Waals surface area contributed by atoms with Gasteiger partial charge in [0.2, 0.25) is 5.91 Å². The van der Waals surface area contributed by atoms with Crippen LogP contribution in [0.25, 0.3) is 0 Å². The monoisotopic (exact) mass is 240 g/mol. The molecular weight excluding hydrogens is 224 g/mol. The van der Waals surface area contributed by atoms with E-state index in [1.807, 2.05) is 16.8 Å². The third-order valence-corrected chi connectivity index (χ3v) is 3.51. The number of aliphatic hydroxyl groups excluding tert-OH is 1. The number of hydrogen-bond acceptors (Lipinski definition) is 4. The zero-order chi connectivity index (χ0) is 11.5. The lowest BCUT2D eigenvalue weighted by molar-refractivity contribution is -0.132. The van der Waals surface area contributed by atoms with Gasteiger partial charge in [-0.15, -0.1) is 0 Å². The minimum absolute atomic E-state index is 0.0581. The van der Waals surface area contributed by atoms with Gasteiger partial charge in [-0.25, -0.2) is 0 Å². The Kier molecular flexibility index (Phi) is 3.58. The molecule has 2 N–H and O–H groups in total. The van der Waals surface area contributed by atoms with Gasteiger partial charge in [0.25, 0.3) is 0 Å².